The molecule has 18 heavy (non-hydrogen) atoms. The van der Waals surface area contributed by atoms with Crippen molar-refractivity contribution in [2.24, 2.45) is 0 Å². The minimum atomic E-state index is 0.665. The summed E-state index contributed by atoms with van der Waals surface area (Å²) in [5, 5.41) is 5.17. The van der Waals surface area contributed by atoms with Crippen molar-refractivity contribution >= 4 is 28.2 Å². The van der Waals surface area contributed by atoms with Gasteiger partial charge in [-0.2, -0.15) is 11.8 Å². The SMILES string of the molecule is CCCNc1ncc(CN2CCSC(C)C2C)s1. The molecular weight excluding hydrogens is 262 g/mol. The maximum atomic E-state index is 4.44. The van der Waals surface area contributed by atoms with Gasteiger partial charge in [0.25, 0.3) is 0 Å². The third kappa shape index (κ3) is 3.62. The van der Waals surface area contributed by atoms with E-state index < -0.39 is 0 Å². The van der Waals surface area contributed by atoms with Gasteiger partial charge >= 0.3 is 0 Å². The summed E-state index contributed by atoms with van der Waals surface area (Å²) in [4.78, 5) is 8.40. The second kappa shape index (κ2) is 6.78. The molecule has 0 spiro atoms. The van der Waals surface area contributed by atoms with Crippen LogP contribution in [0.1, 0.15) is 32.1 Å². The third-order valence-electron chi connectivity index (χ3n) is 3.45. The Labute approximate surface area is 118 Å². The second-order valence-corrected chi connectivity index (χ2v) is 7.45. The highest BCUT2D eigenvalue weighted by molar-refractivity contribution is 8.00. The smallest absolute Gasteiger partial charge is 0.182 e. The number of hydrogen-bond acceptors (Lipinski definition) is 5. The van der Waals surface area contributed by atoms with Crippen LogP contribution in [0.25, 0.3) is 0 Å². The first kappa shape index (κ1) is 14.2. The molecule has 1 aliphatic heterocycles. The summed E-state index contributed by atoms with van der Waals surface area (Å²) < 4.78 is 0. The van der Waals surface area contributed by atoms with Crippen molar-refractivity contribution in [3.05, 3.63) is 11.1 Å². The molecule has 0 aromatic carbocycles. The lowest BCUT2D eigenvalue weighted by atomic mass is 10.2. The fraction of sp³-hybridized carbons (Fsp3) is 0.769. The van der Waals surface area contributed by atoms with Gasteiger partial charge in [0.2, 0.25) is 0 Å². The molecule has 2 unspecified atom stereocenters. The number of nitrogens with one attached hydrogen (secondary N) is 1. The standard InChI is InChI=1S/C13H23N3S2/c1-4-5-14-13-15-8-12(18-13)9-16-6-7-17-11(3)10(16)2/h8,10-11H,4-7,9H2,1-3H3,(H,14,15). The third-order valence-corrected chi connectivity index (χ3v) is 5.73. The number of thiazole rings is 1. The molecule has 0 amide bonds. The molecule has 5 heteroatoms. The zero-order valence-corrected chi connectivity index (χ0v) is 13.1. The van der Waals surface area contributed by atoms with Crippen molar-refractivity contribution in [1.82, 2.24) is 9.88 Å². The van der Waals surface area contributed by atoms with Gasteiger partial charge in [0.15, 0.2) is 5.13 Å². The highest BCUT2D eigenvalue weighted by atomic mass is 32.2. The van der Waals surface area contributed by atoms with Crippen LogP contribution in [-0.2, 0) is 6.54 Å². The van der Waals surface area contributed by atoms with Crippen molar-refractivity contribution in [2.75, 3.05) is 24.2 Å². The van der Waals surface area contributed by atoms with Gasteiger partial charge in [0, 0.05) is 47.8 Å². The van der Waals surface area contributed by atoms with Crippen molar-refractivity contribution in [2.45, 2.75) is 45.0 Å². The quantitative estimate of drug-likeness (QED) is 0.898. The molecule has 1 saturated heterocycles. The molecular formula is C13H23N3S2. The van der Waals surface area contributed by atoms with Crippen LogP contribution >= 0.6 is 23.1 Å². The first-order valence-electron chi connectivity index (χ1n) is 6.75. The largest absolute Gasteiger partial charge is 0.362 e. The molecule has 102 valence electrons. The minimum Gasteiger partial charge on any atom is -0.362 e. The van der Waals surface area contributed by atoms with Gasteiger partial charge in [-0.15, -0.1) is 11.3 Å². The van der Waals surface area contributed by atoms with Gasteiger partial charge in [-0.05, 0) is 13.3 Å². The van der Waals surface area contributed by atoms with Crippen molar-refractivity contribution in [3.63, 3.8) is 0 Å². The van der Waals surface area contributed by atoms with Crippen molar-refractivity contribution in [1.29, 1.82) is 0 Å². The highest BCUT2D eigenvalue weighted by Crippen LogP contribution is 2.27. The van der Waals surface area contributed by atoms with Gasteiger partial charge < -0.3 is 5.32 Å². The number of rotatable bonds is 5. The molecule has 0 aliphatic carbocycles. The van der Waals surface area contributed by atoms with E-state index >= 15 is 0 Å². The lowest BCUT2D eigenvalue weighted by Gasteiger charge is -2.37. The molecule has 1 aromatic rings. The molecule has 2 atom stereocenters. The first-order valence-corrected chi connectivity index (χ1v) is 8.61. The number of anilines is 1. The summed E-state index contributed by atoms with van der Waals surface area (Å²) in [5.41, 5.74) is 0. The Balaban J connectivity index is 1.90. The van der Waals surface area contributed by atoms with E-state index in [1.165, 1.54) is 17.2 Å². The predicted molar refractivity (Wildman–Crippen MR) is 82.7 cm³/mol. The van der Waals surface area contributed by atoms with E-state index in [-0.39, 0.29) is 0 Å². The lowest BCUT2D eigenvalue weighted by molar-refractivity contribution is 0.206. The van der Waals surface area contributed by atoms with E-state index in [0.29, 0.717) is 6.04 Å². The topological polar surface area (TPSA) is 28.2 Å². The van der Waals surface area contributed by atoms with Crippen LogP contribution in [0.15, 0.2) is 6.20 Å². The molecule has 1 N–H and O–H groups in total. The number of thioether (sulfide) groups is 1. The average molecular weight is 285 g/mol. The molecule has 0 radical (unpaired) electrons. The Morgan fingerprint density at radius 3 is 3.11 bits per heavy atom. The maximum absolute atomic E-state index is 4.44. The van der Waals surface area contributed by atoms with E-state index in [9.17, 15) is 0 Å². The normalized spacial score (nSPS) is 25.3. The summed E-state index contributed by atoms with van der Waals surface area (Å²) in [7, 11) is 0. The summed E-state index contributed by atoms with van der Waals surface area (Å²) >= 11 is 3.89. The van der Waals surface area contributed by atoms with Crippen LogP contribution in [-0.4, -0.2) is 40.0 Å². The van der Waals surface area contributed by atoms with Crippen LogP contribution < -0.4 is 5.32 Å². The molecule has 1 aromatic heterocycles. The highest BCUT2D eigenvalue weighted by Gasteiger charge is 2.25. The number of nitrogens with zero attached hydrogens (tertiary/aromatic N) is 2. The fourth-order valence-electron chi connectivity index (χ4n) is 2.11. The molecule has 1 aliphatic rings. The maximum Gasteiger partial charge on any atom is 0.182 e. The van der Waals surface area contributed by atoms with Crippen LogP contribution in [0.3, 0.4) is 0 Å². The van der Waals surface area contributed by atoms with E-state index in [0.717, 1.165) is 29.9 Å². The van der Waals surface area contributed by atoms with Crippen molar-refractivity contribution in [3.8, 4) is 0 Å². The predicted octanol–water partition coefficient (Wildman–Crippen LogP) is 3.29. The van der Waals surface area contributed by atoms with Gasteiger partial charge in [-0.1, -0.05) is 13.8 Å². The fourth-order valence-corrected chi connectivity index (χ4v) is 4.14. The van der Waals surface area contributed by atoms with E-state index in [2.05, 4.69) is 47.7 Å². The second-order valence-electron chi connectivity index (χ2n) is 4.85. The van der Waals surface area contributed by atoms with Gasteiger partial charge in [-0.3, -0.25) is 4.90 Å². The van der Waals surface area contributed by atoms with E-state index in [1.54, 1.807) is 11.3 Å². The van der Waals surface area contributed by atoms with Crippen molar-refractivity contribution < 1.29 is 0 Å². The Hall–Kier alpha value is -0.260. The van der Waals surface area contributed by atoms with Crippen LogP contribution in [0.5, 0.6) is 0 Å². The zero-order chi connectivity index (χ0) is 13.0. The van der Waals surface area contributed by atoms with E-state index in [1.807, 2.05) is 6.20 Å². The van der Waals surface area contributed by atoms with E-state index in [4.69, 9.17) is 0 Å². The number of hydrogen-bond donors (Lipinski definition) is 1. The monoisotopic (exact) mass is 285 g/mol. The van der Waals surface area contributed by atoms with Gasteiger partial charge in [0.1, 0.15) is 0 Å². The van der Waals surface area contributed by atoms with Gasteiger partial charge in [0.05, 0.1) is 0 Å². The van der Waals surface area contributed by atoms with Crippen LogP contribution in [0.4, 0.5) is 5.13 Å². The van der Waals surface area contributed by atoms with Crippen LogP contribution in [0.2, 0.25) is 0 Å². The summed E-state index contributed by atoms with van der Waals surface area (Å²) in [6.45, 7) is 10.1. The molecule has 3 nitrogen and oxygen atoms in total. The minimum absolute atomic E-state index is 0.665. The number of aromatic nitrogens is 1. The Morgan fingerprint density at radius 1 is 1.50 bits per heavy atom. The molecule has 1 fully saturated rings. The summed E-state index contributed by atoms with van der Waals surface area (Å²) in [6.07, 6.45) is 3.18. The Kier molecular flexibility index (Phi) is 5.33. The molecule has 2 rings (SSSR count). The summed E-state index contributed by atoms with van der Waals surface area (Å²) in [6, 6.07) is 0.665. The molecule has 0 bridgehead atoms. The van der Waals surface area contributed by atoms with Gasteiger partial charge in [-0.25, -0.2) is 4.98 Å². The lowest BCUT2D eigenvalue weighted by Crippen LogP contribution is -2.43. The molecule has 2 heterocycles. The Morgan fingerprint density at radius 2 is 2.33 bits per heavy atom. The first-order chi connectivity index (χ1) is 8.70. The zero-order valence-electron chi connectivity index (χ0n) is 11.5. The summed E-state index contributed by atoms with van der Waals surface area (Å²) in [5.74, 6) is 1.26. The molecule has 0 saturated carbocycles. The van der Waals surface area contributed by atoms with Crippen LogP contribution in [0, 0.1) is 0 Å². The Bertz CT molecular complexity index is 367. The average Bonchev–Trinajstić information content (AvgIpc) is 2.80.